The maximum atomic E-state index is 12.7. The lowest BCUT2D eigenvalue weighted by Gasteiger charge is -2.21. The molecule has 4 N–H and O–H groups in total. The Balaban J connectivity index is 1.67. The van der Waals surface area contributed by atoms with Crippen LogP contribution in [0.25, 0.3) is 0 Å². The number of nitrogen functional groups attached to an aromatic ring is 1. The number of carbonyl (C=O) groups excluding carboxylic acids is 2. The second-order valence-corrected chi connectivity index (χ2v) is 8.05. The monoisotopic (exact) mass is 448 g/mol. The third-order valence-electron chi connectivity index (χ3n) is 4.92. The molecule has 0 radical (unpaired) electrons. The number of esters is 1. The van der Waals surface area contributed by atoms with E-state index >= 15 is 0 Å². The van der Waals surface area contributed by atoms with E-state index in [1.165, 1.54) is 0 Å². The molecule has 172 valence electrons. The molecule has 0 saturated heterocycles. The second kappa shape index (κ2) is 10.5. The van der Waals surface area contributed by atoms with Gasteiger partial charge in [-0.15, -0.1) is 0 Å². The number of aromatic nitrogens is 3. The van der Waals surface area contributed by atoms with Gasteiger partial charge >= 0.3 is 5.97 Å². The van der Waals surface area contributed by atoms with E-state index in [4.69, 9.17) is 10.5 Å². The zero-order valence-electron chi connectivity index (χ0n) is 19.1. The standard InChI is InChI=1S/C24H28N6O3/c1-14(2)20(29-21(31)17-10-7-8-15(3)12-17)22(32)33-13-19-27-23(25)30-24(28-19)26-18-11-6-5-9-16(18)4/h5-12,14,20H,13H2,1-4H3,(H,29,31)(H3,25,26,27,28,30)/t20-/m0/s1. The first-order valence-corrected chi connectivity index (χ1v) is 10.6. The lowest BCUT2D eigenvalue weighted by Crippen LogP contribution is -2.45. The summed E-state index contributed by atoms with van der Waals surface area (Å²) in [4.78, 5) is 37.8. The molecule has 0 unspecified atom stereocenters. The molecule has 0 aliphatic carbocycles. The quantitative estimate of drug-likeness (QED) is 0.447. The molecule has 1 aromatic heterocycles. The van der Waals surface area contributed by atoms with Crippen LogP contribution >= 0.6 is 0 Å². The molecular formula is C24H28N6O3. The topological polar surface area (TPSA) is 132 Å². The van der Waals surface area contributed by atoms with E-state index in [1.54, 1.807) is 18.2 Å². The van der Waals surface area contributed by atoms with Crippen LogP contribution in [-0.4, -0.2) is 32.9 Å². The van der Waals surface area contributed by atoms with Gasteiger partial charge in [0.1, 0.15) is 6.04 Å². The highest BCUT2D eigenvalue weighted by atomic mass is 16.5. The number of anilines is 3. The van der Waals surface area contributed by atoms with Crippen LogP contribution in [-0.2, 0) is 16.1 Å². The summed E-state index contributed by atoms with van der Waals surface area (Å²) in [7, 11) is 0. The molecule has 0 bridgehead atoms. The van der Waals surface area contributed by atoms with Crippen molar-refractivity contribution in [1.82, 2.24) is 20.3 Å². The number of nitrogens with two attached hydrogens (primary N) is 1. The van der Waals surface area contributed by atoms with E-state index in [-0.39, 0.29) is 36.2 Å². The SMILES string of the molecule is Cc1cccc(C(=O)N[C@H](C(=O)OCc2nc(N)nc(Nc3ccccc3C)n2)C(C)C)c1. The van der Waals surface area contributed by atoms with Crippen molar-refractivity contribution in [3.05, 3.63) is 71.0 Å². The highest BCUT2D eigenvalue weighted by Gasteiger charge is 2.26. The number of nitrogens with one attached hydrogen (secondary N) is 2. The minimum Gasteiger partial charge on any atom is -0.456 e. The summed E-state index contributed by atoms with van der Waals surface area (Å²) in [5.74, 6) is -0.675. The van der Waals surface area contributed by atoms with Crippen LogP contribution in [0.4, 0.5) is 17.6 Å². The largest absolute Gasteiger partial charge is 0.456 e. The molecule has 3 rings (SSSR count). The first kappa shape index (κ1) is 23.6. The lowest BCUT2D eigenvalue weighted by atomic mass is 10.0. The van der Waals surface area contributed by atoms with E-state index in [0.29, 0.717) is 5.56 Å². The van der Waals surface area contributed by atoms with Gasteiger partial charge in [0, 0.05) is 11.3 Å². The van der Waals surface area contributed by atoms with Crippen molar-refractivity contribution in [2.24, 2.45) is 5.92 Å². The molecule has 0 saturated carbocycles. The van der Waals surface area contributed by atoms with Crippen molar-refractivity contribution in [3.63, 3.8) is 0 Å². The Morgan fingerprint density at radius 2 is 1.79 bits per heavy atom. The number of hydrogen-bond acceptors (Lipinski definition) is 8. The summed E-state index contributed by atoms with van der Waals surface area (Å²) < 4.78 is 5.41. The number of benzene rings is 2. The third-order valence-corrected chi connectivity index (χ3v) is 4.92. The molecular weight excluding hydrogens is 420 g/mol. The number of hydrogen-bond donors (Lipinski definition) is 3. The normalized spacial score (nSPS) is 11.7. The fourth-order valence-corrected chi connectivity index (χ4v) is 3.13. The van der Waals surface area contributed by atoms with Gasteiger partial charge in [-0.1, -0.05) is 49.7 Å². The Bertz CT molecular complexity index is 1150. The van der Waals surface area contributed by atoms with Crippen LogP contribution in [0.3, 0.4) is 0 Å². The van der Waals surface area contributed by atoms with Crippen LogP contribution in [0.2, 0.25) is 0 Å². The zero-order valence-corrected chi connectivity index (χ0v) is 19.1. The van der Waals surface area contributed by atoms with Gasteiger partial charge in [0.25, 0.3) is 5.91 Å². The molecule has 9 heteroatoms. The van der Waals surface area contributed by atoms with Crippen LogP contribution in [0, 0.1) is 19.8 Å². The average molecular weight is 449 g/mol. The Morgan fingerprint density at radius 3 is 2.48 bits per heavy atom. The highest BCUT2D eigenvalue weighted by Crippen LogP contribution is 2.18. The average Bonchev–Trinajstić information content (AvgIpc) is 2.76. The number of carbonyl (C=O) groups is 2. The van der Waals surface area contributed by atoms with E-state index in [9.17, 15) is 9.59 Å². The molecule has 2 aromatic carbocycles. The Labute approximate surface area is 192 Å². The van der Waals surface area contributed by atoms with Crippen molar-refractivity contribution in [3.8, 4) is 0 Å². The molecule has 3 aromatic rings. The summed E-state index contributed by atoms with van der Waals surface area (Å²) in [6.45, 7) is 7.29. The Kier molecular flexibility index (Phi) is 7.55. The Morgan fingerprint density at radius 1 is 1.03 bits per heavy atom. The van der Waals surface area contributed by atoms with Gasteiger partial charge in [0.2, 0.25) is 11.9 Å². The highest BCUT2D eigenvalue weighted by molar-refractivity contribution is 5.97. The maximum Gasteiger partial charge on any atom is 0.329 e. The molecule has 0 aliphatic heterocycles. The van der Waals surface area contributed by atoms with E-state index < -0.39 is 12.0 Å². The molecule has 1 amide bonds. The first-order valence-electron chi connectivity index (χ1n) is 10.6. The summed E-state index contributed by atoms with van der Waals surface area (Å²) >= 11 is 0. The Hall–Kier alpha value is -4.01. The van der Waals surface area contributed by atoms with Gasteiger partial charge in [0.05, 0.1) is 0 Å². The minimum absolute atomic E-state index is 0.000271. The van der Waals surface area contributed by atoms with E-state index in [0.717, 1.165) is 16.8 Å². The van der Waals surface area contributed by atoms with Gasteiger partial charge < -0.3 is 21.1 Å². The summed E-state index contributed by atoms with van der Waals surface area (Å²) in [5.41, 5.74) is 9.07. The van der Waals surface area contributed by atoms with Crippen molar-refractivity contribution >= 4 is 29.5 Å². The third kappa shape index (κ3) is 6.49. The van der Waals surface area contributed by atoms with Crippen LogP contribution in [0.15, 0.2) is 48.5 Å². The first-order chi connectivity index (χ1) is 15.7. The predicted octanol–water partition coefficient (Wildman–Crippen LogP) is 3.31. The second-order valence-electron chi connectivity index (χ2n) is 8.05. The van der Waals surface area contributed by atoms with Gasteiger partial charge in [-0.2, -0.15) is 15.0 Å². The zero-order chi connectivity index (χ0) is 24.0. The smallest absolute Gasteiger partial charge is 0.329 e. The molecule has 0 spiro atoms. The minimum atomic E-state index is -0.832. The van der Waals surface area contributed by atoms with Crippen molar-refractivity contribution < 1.29 is 14.3 Å². The van der Waals surface area contributed by atoms with Gasteiger partial charge in [0.15, 0.2) is 12.4 Å². The van der Waals surface area contributed by atoms with Crippen molar-refractivity contribution in [2.45, 2.75) is 40.3 Å². The summed E-state index contributed by atoms with van der Waals surface area (Å²) in [6, 6.07) is 14.0. The maximum absolute atomic E-state index is 12.7. The van der Waals surface area contributed by atoms with E-state index in [1.807, 2.05) is 58.0 Å². The fraction of sp³-hybridized carbons (Fsp3) is 0.292. The number of nitrogens with zero attached hydrogens (tertiary/aromatic N) is 3. The number of amides is 1. The molecule has 0 fully saturated rings. The molecule has 9 nitrogen and oxygen atoms in total. The lowest BCUT2D eigenvalue weighted by molar-refractivity contribution is -0.148. The van der Waals surface area contributed by atoms with Gasteiger partial charge in [-0.3, -0.25) is 4.79 Å². The number of rotatable bonds is 8. The van der Waals surface area contributed by atoms with Crippen molar-refractivity contribution in [1.29, 1.82) is 0 Å². The number of aryl methyl sites for hydroxylation is 2. The number of ether oxygens (including phenoxy) is 1. The molecule has 1 atom stereocenters. The predicted molar refractivity (Wildman–Crippen MR) is 126 cm³/mol. The van der Waals surface area contributed by atoms with Crippen LogP contribution in [0.5, 0.6) is 0 Å². The van der Waals surface area contributed by atoms with Crippen LogP contribution in [0.1, 0.15) is 41.2 Å². The molecule has 1 heterocycles. The molecule has 33 heavy (non-hydrogen) atoms. The molecule has 0 aliphatic rings. The van der Waals surface area contributed by atoms with Gasteiger partial charge in [-0.05, 0) is 43.5 Å². The van der Waals surface area contributed by atoms with Crippen molar-refractivity contribution in [2.75, 3.05) is 11.1 Å². The van der Waals surface area contributed by atoms with Gasteiger partial charge in [-0.25, -0.2) is 4.79 Å². The van der Waals surface area contributed by atoms with E-state index in [2.05, 4.69) is 25.6 Å². The van der Waals surface area contributed by atoms with Crippen LogP contribution < -0.4 is 16.4 Å². The summed E-state index contributed by atoms with van der Waals surface area (Å²) in [5, 5.41) is 5.85. The fourth-order valence-electron chi connectivity index (χ4n) is 3.13. The summed E-state index contributed by atoms with van der Waals surface area (Å²) in [6.07, 6.45) is 0. The number of para-hydroxylation sites is 1.